The van der Waals surface area contributed by atoms with E-state index in [1.807, 2.05) is 35.0 Å². The van der Waals surface area contributed by atoms with Gasteiger partial charge in [-0.3, -0.25) is 4.98 Å². The minimum absolute atomic E-state index is 0.508. The summed E-state index contributed by atoms with van der Waals surface area (Å²) in [7, 11) is 0. The SMILES string of the molecule is N#Cc1ccc2c(c1)c1cc(-c3c4ccccc4c(-c4cccc5cccnc45)c4ccccc34)ccc1n2-c1ccc(C(F)(F)F)cc1. The largest absolute Gasteiger partial charge is 0.416 e. The second-order valence-electron chi connectivity index (χ2n) is 12.2. The number of halogens is 3. The van der Waals surface area contributed by atoms with E-state index in [1.165, 1.54) is 12.1 Å². The first-order chi connectivity index (χ1) is 23.9. The van der Waals surface area contributed by atoms with Crippen molar-refractivity contribution in [3.63, 3.8) is 0 Å². The van der Waals surface area contributed by atoms with E-state index < -0.39 is 11.7 Å². The van der Waals surface area contributed by atoms with Crippen LogP contribution in [0.1, 0.15) is 11.1 Å². The minimum atomic E-state index is -4.43. The Kier molecular flexibility index (Phi) is 6.33. The van der Waals surface area contributed by atoms with E-state index in [0.29, 0.717) is 11.3 Å². The van der Waals surface area contributed by atoms with Crippen molar-refractivity contribution in [1.82, 2.24) is 9.55 Å². The average Bonchev–Trinajstić information content (AvgIpc) is 3.46. The quantitative estimate of drug-likeness (QED) is 0.181. The molecular formula is C43H24F3N3. The van der Waals surface area contributed by atoms with Crippen molar-refractivity contribution >= 4 is 54.3 Å². The molecule has 7 aromatic carbocycles. The molecule has 6 heteroatoms. The van der Waals surface area contributed by atoms with Gasteiger partial charge in [-0.15, -0.1) is 0 Å². The van der Waals surface area contributed by atoms with Gasteiger partial charge in [-0.25, -0.2) is 0 Å². The number of pyridine rings is 1. The monoisotopic (exact) mass is 639 g/mol. The maximum Gasteiger partial charge on any atom is 0.416 e. The molecule has 232 valence electrons. The molecule has 9 rings (SSSR count). The van der Waals surface area contributed by atoms with Gasteiger partial charge in [-0.05, 0) is 98.9 Å². The van der Waals surface area contributed by atoms with Crippen LogP contribution in [0.5, 0.6) is 0 Å². The highest BCUT2D eigenvalue weighted by Gasteiger charge is 2.30. The molecule has 2 aromatic heterocycles. The Bertz CT molecular complexity index is 2760. The van der Waals surface area contributed by atoms with Gasteiger partial charge in [0.05, 0.1) is 33.7 Å². The summed E-state index contributed by atoms with van der Waals surface area (Å²) in [5.74, 6) is 0. The van der Waals surface area contributed by atoms with E-state index in [2.05, 4.69) is 91.0 Å². The van der Waals surface area contributed by atoms with E-state index in [9.17, 15) is 18.4 Å². The predicted octanol–water partition coefficient (Wildman–Crippen LogP) is 11.9. The molecule has 0 saturated carbocycles. The molecule has 0 aliphatic rings. The van der Waals surface area contributed by atoms with Crippen molar-refractivity contribution in [3.05, 3.63) is 157 Å². The Morgan fingerprint density at radius 2 is 1.18 bits per heavy atom. The Hall–Kier alpha value is -6.45. The van der Waals surface area contributed by atoms with Crippen LogP contribution in [0, 0.1) is 11.3 Å². The molecule has 2 heterocycles. The third kappa shape index (κ3) is 4.47. The van der Waals surface area contributed by atoms with Crippen LogP contribution in [0.15, 0.2) is 146 Å². The summed E-state index contributed by atoms with van der Waals surface area (Å²) in [6, 6.07) is 46.4. The summed E-state index contributed by atoms with van der Waals surface area (Å²) >= 11 is 0. The van der Waals surface area contributed by atoms with E-state index in [4.69, 9.17) is 4.98 Å². The number of hydrogen-bond donors (Lipinski definition) is 0. The topological polar surface area (TPSA) is 41.6 Å². The fraction of sp³-hybridized carbons (Fsp3) is 0.0233. The summed E-state index contributed by atoms with van der Waals surface area (Å²) in [5.41, 5.74) is 7.26. The molecule has 0 unspecified atom stereocenters. The van der Waals surface area contributed by atoms with Gasteiger partial charge < -0.3 is 4.57 Å². The third-order valence-corrected chi connectivity index (χ3v) is 9.47. The fourth-order valence-electron chi connectivity index (χ4n) is 7.36. The van der Waals surface area contributed by atoms with Crippen LogP contribution < -0.4 is 0 Å². The lowest BCUT2D eigenvalue weighted by Crippen LogP contribution is -2.05. The van der Waals surface area contributed by atoms with E-state index in [0.717, 1.165) is 88.6 Å². The number of nitrogens with zero attached hydrogens (tertiary/aromatic N) is 3. The van der Waals surface area contributed by atoms with Crippen LogP contribution in [-0.4, -0.2) is 9.55 Å². The van der Waals surface area contributed by atoms with Crippen molar-refractivity contribution in [2.45, 2.75) is 6.18 Å². The lowest BCUT2D eigenvalue weighted by Gasteiger charge is -2.18. The van der Waals surface area contributed by atoms with Crippen molar-refractivity contribution < 1.29 is 13.2 Å². The zero-order chi connectivity index (χ0) is 33.3. The van der Waals surface area contributed by atoms with Crippen molar-refractivity contribution in [2.24, 2.45) is 0 Å². The smallest absolute Gasteiger partial charge is 0.309 e. The van der Waals surface area contributed by atoms with Crippen LogP contribution in [0.3, 0.4) is 0 Å². The van der Waals surface area contributed by atoms with Crippen LogP contribution in [0.2, 0.25) is 0 Å². The third-order valence-electron chi connectivity index (χ3n) is 9.47. The van der Waals surface area contributed by atoms with Gasteiger partial charge in [0.1, 0.15) is 0 Å². The number of rotatable bonds is 3. The van der Waals surface area contributed by atoms with Gasteiger partial charge >= 0.3 is 6.18 Å². The molecule has 0 N–H and O–H groups in total. The molecule has 0 bridgehead atoms. The van der Waals surface area contributed by atoms with Gasteiger partial charge in [0.15, 0.2) is 0 Å². The Morgan fingerprint density at radius 3 is 1.84 bits per heavy atom. The highest BCUT2D eigenvalue weighted by molar-refractivity contribution is 6.24. The molecule has 0 aliphatic heterocycles. The summed E-state index contributed by atoms with van der Waals surface area (Å²) in [4.78, 5) is 4.79. The summed E-state index contributed by atoms with van der Waals surface area (Å²) in [6.45, 7) is 0. The van der Waals surface area contributed by atoms with Gasteiger partial charge in [-0.1, -0.05) is 78.9 Å². The second kappa shape index (κ2) is 10.8. The standard InChI is InChI=1S/C43H24F3N3/c44-43(45,46)29-16-18-30(19-17-29)49-38-20-14-26(25-47)23-36(38)37-24-28(15-21-39(37)49)40-31-9-1-3-11-33(31)41(34-12-4-2-10-32(34)40)35-13-5-7-27-8-6-22-48-42(27)35/h1-24H. The Morgan fingerprint density at radius 1 is 0.571 bits per heavy atom. The fourth-order valence-corrected chi connectivity index (χ4v) is 7.36. The normalized spacial score (nSPS) is 12.0. The Labute approximate surface area is 278 Å². The Balaban J connectivity index is 1.34. The van der Waals surface area contributed by atoms with Crippen LogP contribution in [-0.2, 0) is 6.18 Å². The molecule has 0 saturated heterocycles. The number of benzene rings is 7. The molecule has 3 nitrogen and oxygen atoms in total. The van der Waals surface area contributed by atoms with E-state index in [-0.39, 0.29) is 0 Å². The molecule has 0 amide bonds. The zero-order valence-electron chi connectivity index (χ0n) is 25.8. The molecule has 0 fully saturated rings. The number of aromatic nitrogens is 2. The first kappa shape index (κ1) is 28.7. The zero-order valence-corrected chi connectivity index (χ0v) is 25.8. The maximum absolute atomic E-state index is 13.4. The first-order valence-electron chi connectivity index (χ1n) is 15.8. The molecule has 9 aromatic rings. The van der Waals surface area contributed by atoms with Gasteiger partial charge in [-0.2, -0.15) is 18.4 Å². The van der Waals surface area contributed by atoms with Gasteiger partial charge in [0.2, 0.25) is 0 Å². The van der Waals surface area contributed by atoms with Crippen LogP contribution in [0.4, 0.5) is 13.2 Å². The van der Waals surface area contributed by atoms with Crippen molar-refractivity contribution in [2.75, 3.05) is 0 Å². The number of nitriles is 1. The highest BCUT2D eigenvalue weighted by atomic mass is 19.4. The molecule has 0 spiro atoms. The molecule has 49 heavy (non-hydrogen) atoms. The van der Waals surface area contributed by atoms with Crippen molar-refractivity contribution in [1.29, 1.82) is 5.26 Å². The predicted molar refractivity (Wildman–Crippen MR) is 192 cm³/mol. The van der Waals surface area contributed by atoms with Gasteiger partial charge in [0, 0.05) is 33.6 Å². The van der Waals surface area contributed by atoms with Crippen molar-refractivity contribution in [3.8, 4) is 34.0 Å². The molecule has 0 radical (unpaired) electrons. The second-order valence-corrected chi connectivity index (χ2v) is 12.2. The minimum Gasteiger partial charge on any atom is -0.309 e. The molecule has 0 aliphatic carbocycles. The first-order valence-corrected chi connectivity index (χ1v) is 15.8. The molecular weight excluding hydrogens is 615 g/mol. The number of hydrogen-bond acceptors (Lipinski definition) is 2. The van der Waals surface area contributed by atoms with Gasteiger partial charge in [0.25, 0.3) is 0 Å². The molecule has 0 atom stereocenters. The number of alkyl halides is 3. The maximum atomic E-state index is 13.4. The lowest BCUT2D eigenvalue weighted by atomic mass is 9.85. The summed E-state index contributed by atoms with van der Waals surface area (Å²) in [5, 5.41) is 17.0. The lowest BCUT2D eigenvalue weighted by molar-refractivity contribution is -0.137. The highest BCUT2D eigenvalue weighted by Crippen LogP contribution is 2.46. The average molecular weight is 640 g/mol. The number of fused-ring (bicyclic) bond motifs is 6. The van der Waals surface area contributed by atoms with Crippen LogP contribution in [0.25, 0.3) is 82.2 Å². The summed E-state index contributed by atoms with van der Waals surface area (Å²) < 4.78 is 42.2. The van der Waals surface area contributed by atoms with E-state index in [1.54, 1.807) is 6.07 Å². The van der Waals surface area contributed by atoms with E-state index >= 15 is 0 Å². The van der Waals surface area contributed by atoms with Crippen LogP contribution >= 0.6 is 0 Å². The summed E-state index contributed by atoms with van der Waals surface area (Å²) in [6.07, 6.45) is -2.60. The number of para-hydroxylation sites is 1.